The van der Waals surface area contributed by atoms with Crippen molar-refractivity contribution in [3.05, 3.63) is 61.3 Å². The van der Waals surface area contributed by atoms with Crippen LogP contribution in [0, 0.1) is 0 Å². The number of carbonyl (C=O) groups excluding carboxylic acids is 6. The number of nitrogens with zero attached hydrogens (tertiary/aromatic N) is 4. The first-order valence-corrected chi connectivity index (χ1v) is 26.2. The van der Waals surface area contributed by atoms with Crippen LogP contribution in [0.1, 0.15) is 143 Å². The maximum absolute atomic E-state index is 12.8. The fraction of sp³-hybridized carbons (Fsp3) is 0.660. The van der Waals surface area contributed by atoms with Gasteiger partial charge in [0.2, 0.25) is 35.4 Å². The Morgan fingerprint density at radius 1 is 0.446 bits per heavy atom. The molecule has 0 saturated heterocycles. The van der Waals surface area contributed by atoms with Crippen molar-refractivity contribution < 1.29 is 48.1 Å². The van der Waals surface area contributed by atoms with E-state index < -0.39 is 0 Å². The van der Waals surface area contributed by atoms with Crippen molar-refractivity contribution in [1.82, 2.24) is 46.8 Å². The van der Waals surface area contributed by atoms with Gasteiger partial charge in [0.15, 0.2) is 0 Å². The zero-order chi connectivity index (χ0) is 55.2. The van der Waals surface area contributed by atoms with Crippen LogP contribution in [-0.2, 0) is 48.1 Å². The summed E-state index contributed by atoms with van der Waals surface area (Å²) in [5.74, 6) is 0.241. The molecular formula is C53H93N11O10. The van der Waals surface area contributed by atoms with E-state index >= 15 is 0 Å². The number of unbranched alkanes of at least 4 members (excludes halogenated alkanes) is 8. The zero-order valence-electron chi connectivity index (χ0n) is 46.2. The van der Waals surface area contributed by atoms with E-state index in [9.17, 15) is 28.8 Å². The van der Waals surface area contributed by atoms with Gasteiger partial charge < -0.3 is 37.2 Å². The van der Waals surface area contributed by atoms with Crippen LogP contribution < -0.4 is 37.2 Å². The first-order valence-electron chi connectivity index (χ1n) is 26.2. The quantitative estimate of drug-likeness (QED) is 0.0278. The number of allylic oxidation sites excluding steroid dienone is 1. The minimum Gasteiger partial charge on any atom is -0.389 e. The van der Waals surface area contributed by atoms with Gasteiger partial charge >= 0.3 is 0 Å². The molecule has 0 aliphatic carbocycles. The van der Waals surface area contributed by atoms with Crippen LogP contribution in [0.2, 0.25) is 0 Å². The van der Waals surface area contributed by atoms with Gasteiger partial charge in [0, 0.05) is 114 Å². The highest BCUT2D eigenvalue weighted by atomic mass is 16.7. The van der Waals surface area contributed by atoms with E-state index in [-0.39, 0.29) is 73.1 Å². The lowest BCUT2D eigenvalue weighted by Gasteiger charge is -2.24. The Balaban J connectivity index is 2.13. The molecule has 0 aromatic heterocycles. The van der Waals surface area contributed by atoms with Crippen LogP contribution >= 0.6 is 0 Å². The van der Waals surface area contributed by atoms with Gasteiger partial charge in [-0.15, -0.1) is 0 Å². The second-order valence-electron chi connectivity index (χ2n) is 18.9. The molecule has 74 heavy (non-hydrogen) atoms. The van der Waals surface area contributed by atoms with Crippen LogP contribution in [0.4, 0.5) is 11.4 Å². The number of carbonyl (C=O) groups is 6. The maximum atomic E-state index is 12.8. The summed E-state index contributed by atoms with van der Waals surface area (Å²) in [4.78, 5) is 95.1. The summed E-state index contributed by atoms with van der Waals surface area (Å²) in [6, 6.07) is 7.85. The van der Waals surface area contributed by atoms with E-state index in [0.717, 1.165) is 87.1 Å². The lowest BCUT2D eigenvalue weighted by atomic mass is 10.1. The minimum atomic E-state index is -0.251. The number of hydroxylamine groups is 8. The van der Waals surface area contributed by atoms with E-state index in [1.54, 1.807) is 0 Å². The molecule has 7 N–H and O–H groups in total. The molecule has 6 amide bonds. The third-order valence-electron chi connectivity index (χ3n) is 11.4. The molecule has 21 nitrogen and oxygen atoms in total. The van der Waals surface area contributed by atoms with Crippen molar-refractivity contribution in [3.8, 4) is 0 Å². The lowest BCUT2D eigenvalue weighted by Crippen LogP contribution is -2.37. The first-order chi connectivity index (χ1) is 35.3. The van der Waals surface area contributed by atoms with Gasteiger partial charge in [-0.1, -0.05) is 19.7 Å². The molecule has 0 atom stereocenters. The van der Waals surface area contributed by atoms with Crippen LogP contribution in [-0.4, -0.2) is 142 Å². The normalized spacial score (nSPS) is 10.9. The molecule has 1 aromatic rings. The van der Waals surface area contributed by atoms with Crippen LogP contribution in [0.5, 0.6) is 0 Å². The van der Waals surface area contributed by atoms with Crippen LogP contribution in [0.25, 0.3) is 0 Å². The number of benzene rings is 1. The number of anilines is 2. The SMILES string of the molecule is C=C(CCC(=O)N(CCCCCNC(=O)CCC(=O)N(CCCCCNC(=C)Nc1ccc(NC(=C)NC(C)(C)C)cc1)OC)OC)NCCCCCN(OC)C(=O)CCC(=O)NCCCCCN(OC)C(C)=O. The first kappa shape index (κ1) is 66.1. The van der Waals surface area contributed by atoms with Gasteiger partial charge in [-0.05, 0) is 129 Å². The second-order valence-corrected chi connectivity index (χ2v) is 18.9. The predicted molar refractivity (Wildman–Crippen MR) is 290 cm³/mol. The van der Waals surface area contributed by atoms with Gasteiger partial charge in [-0.25, -0.2) is 20.3 Å². The summed E-state index contributed by atoms with van der Waals surface area (Å²) in [6.07, 6.45) is 10.3. The molecule has 0 saturated carbocycles. The van der Waals surface area contributed by atoms with Crippen LogP contribution in [0.3, 0.4) is 0 Å². The Morgan fingerprint density at radius 2 is 0.784 bits per heavy atom. The predicted octanol–water partition coefficient (Wildman–Crippen LogP) is 6.37. The van der Waals surface area contributed by atoms with Crippen molar-refractivity contribution in [2.45, 2.75) is 149 Å². The summed E-state index contributed by atoms with van der Waals surface area (Å²) < 4.78 is 0. The number of amides is 6. The van der Waals surface area contributed by atoms with Crippen LogP contribution in [0.15, 0.2) is 61.3 Å². The summed E-state index contributed by atoms with van der Waals surface area (Å²) >= 11 is 0. The fourth-order valence-electron chi connectivity index (χ4n) is 7.37. The van der Waals surface area contributed by atoms with Crippen molar-refractivity contribution in [2.24, 2.45) is 0 Å². The number of hydrogen-bond acceptors (Lipinski definition) is 15. The average Bonchev–Trinajstić information content (AvgIpc) is 3.35. The molecule has 420 valence electrons. The van der Waals surface area contributed by atoms with E-state index in [4.69, 9.17) is 19.4 Å². The molecule has 0 unspecified atom stereocenters. The van der Waals surface area contributed by atoms with E-state index in [1.165, 1.54) is 55.6 Å². The minimum absolute atomic E-state index is 0.0476. The Kier molecular flexibility index (Phi) is 35.3. The molecule has 0 radical (unpaired) electrons. The van der Waals surface area contributed by atoms with Gasteiger partial charge in [0.25, 0.3) is 0 Å². The number of nitrogens with one attached hydrogen (secondary N) is 7. The van der Waals surface area contributed by atoms with Gasteiger partial charge in [0.1, 0.15) is 0 Å². The molecule has 0 fully saturated rings. The van der Waals surface area contributed by atoms with Crippen molar-refractivity contribution in [1.29, 1.82) is 0 Å². The molecule has 21 heteroatoms. The topological polar surface area (TPSA) is 237 Å². The lowest BCUT2D eigenvalue weighted by molar-refractivity contribution is -0.177. The molecule has 0 aliphatic rings. The second kappa shape index (κ2) is 39.5. The van der Waals surface area contributed by atoms with Gasteiger partial charge in [-0.2, -0.15) is 0 Å². The third kappa shape index (κ3) is 33.0. The highest BCUT2D eigenvalue weighted by molar-refractivity contribution is 5.84. The third-order valence-corrected chi connectivity index (χ3v) is 11.4. The molecule has 0 aliphatic heterocycles. The highest BCUT2D eigenvalue weighted by Gasteiger charge is 2.18. The largest absolute Gasteiger partial charge is 0.389 e. The Labute approximate surface area is 442 Å². The molecule has 0 bridgehead atoms. The number of rotatable bonds is 44. The fourth-order valence-corrected chi connectivity index (χ4v) is 7.37. The van der Waals surface area contributed by atoms with E-state index in [0.29, 0.717) is 77.4 Å². The Bertz CT molecular complexity index is 1840. The molecule has 1 rings (SSSR count). The zero-order valence-corrected chi connectivity index (χ0v) is 46.2. The highest BCUT2D eigenvalue weighted by Crippen LogP contribution is 2.17. The molecule has 0 heterocycles. The molecule has 0 spiro atoms. The van der Waals surface area contributed by atoms with E-state index in [2.05, 4.69) is 77.7 Å². The monoisotopic (exact) mass is 1040 g/mol. The molecule has 1 aromatic carbocycles. The van der Waals surface area contributed by atoms with Crippen molar-refractivity contribution in [2.75, 3.05) is 91.4 Å². The Morgan fingerprint density at radius 3 is 1.15 bits per heavy atom. The Hall–Kier alpha value is -5.90. The van der Waals surface area contributed by atoms with Crippen molar-refractivity contribution in [3.63, 3.8) is 0 Å². The maximum Gasteiger partial charge on any atom is 0.246 e. The average molecular weight is 1040 g/mol. The summed E-state index contributed by atoms with van der Waals surface area (Å²) in [5, 5.41) is 27.3. The van der Waals surface area contributed by atoms with E-state index in [1.807, 2.05) is 24.3 Å². The summed E-state index contributed by atoms with van der Waals surface area (Å²) in [7, 11) is 5.82. The smallest absolute Gasteiger partial charge is 0.246 e. The summed E-state index contributed by atoms with van der Waals surface area (Å²) in [5.41, 5.74) is 2.50. The molecular weight excluding hydrogens is 951 g/mol. The standard InChI is InChI=1S/C53H93N11O10/c1-42(54-34-16-12-21-40-63(73-10)51(69)32-29-48(66)56-36-18-14-20-38-61(71-8)45(4)65)24-31-50(68)62(72-9)39-23-15-19-37-57-49(67)30-33-52(70)64(74-11)41-22-13-17-35-55-43(2)58-46-25-27-47(28-26-46)59-44(3)60-53(5,6)7/h25-28,54-55,58-60H,1-3,12-24,29-41H2,4-11H3,(H,56,66)(H,57,67). The summed E-state index contributed by atoms with van der Waals surface area (Å²) in [6.45, 7) is 23.9. The van der Waals surface area contributed by atoms with Crippen molar-refractivity contribution >= 4 is 46.8 Å². The van der Waals surface area contributed by atoms with Gasteiger partial charge in [0.05, 0.1) is 40.1 Å². The number of hydrogen-bond donors (Lipinski definition) is 7. The van der Waals surface area contributed by atoms with Gasteiger partial charge in [-0.3, -0.25) is 48.1 Å².